The molecule has 2 heterocycles. The second-order valence-corrected chi connectivity index (χ2v) is 11.4. The molecule has 0 atom stereocenters. The average molecular weight is 670 g/mol. The molecule has 0 saturated carbocycles. The highest BCUT2D eigenvalue weighted by atomic mass is 35.5. The van der Waals surface area contributed by atoms with Gasteiger partial charge >= 0.3 is 0 Å². The molecule has 0 fully saturated rings. The molecule has 2 aromatic carbocycles. The number of nitrogens with one attached hydrogen (secondary N) is 1. The molecule has 12 heteroatoms. The van der Waals surface area contributed by atoms with E-state index in [1.54, 1.807) is 73.1 Å². The molecule has 46 heavy (non-hydrogen) atoms. The number of ether oxygens (including phenoxy) is 1. The minimum atomic E-state index is -1.15. The minimum absolute atomic E-state index is 0. The van der Waals surface area contributed by atoms with Crippen molar-refractivity contribution >= 4 is 53.9 Å². The summed E-state index contributed by atoms with van der Waals surface area (Å²) in [5.74, 6) is 0.0557. The molecule has 1 aliphatic rings. The van der Waals surface area contributed by atoms with Crippen LogP contribution in [0.1, 0.15) is 54.4 Å². The van der Waals surface area contributed by atoms with E-state index in [4.69, 9.17) is 10.00 Å². The summed E-state index contributed by atoms with van der Waals surface area (Å²) in [7, 11) is 3.45. The SMILES string of the molecule is CCN1C(=O)C(C)(C)C(=O)N(C)c2cc(OCCCc3cc(CNCCN(C)C(=O)c4cccc(C#N)c4)ccn3)ccc21.Cl.Cl. The molecule has 246 valence electrons. The van der Waals surface area contributed by atoms with Crippen molar-refractivity contribution in [2.75, 3.05) is 50.1 Å². The number of likely N-dealkylation sites (N-methyl/N-ethyl adjacent to an activating group) is 1. The lowest BCUT2D eigenvalue weighted by molar-refractivity contribution is -0.137. The second kappa shape index (κ2) is 16.9. The Labute approximate surface area is 283 Å². The lowest BCUT2D eigenvalue weighted by atomic mass is 9.90. The summed E-state index contributed by atoms with van der Waals surface area (Å²) < 4.78 is 6.03. The summed E-state index contributed by atoms with van der Waals surface area (Å²) in [5, 5.41) is 12.4. The quantitative estimate of drug-likeness (QED) is 0.213. The zero-order chi connectivity index (χ0) is 31.9. The first-order valence-corrected chi connectivity index (χ1v) is 14.8. The van der Waals surface area contributed by atoms with Gasteiger partial charge in [0.15, 0.2) is 0 Å². The van der Waals surface area contributed by atoms with Crippen molar-refractivity contribution < 1.29 is 19.1 Å². The first kappa shape index (κ1) is 38.0. The fourth-order valence-corrected chi connectivity index (χ4v) is 5.21. The molecule has 1 aliphatic heterocycles. The Morgan fingerprint density at radius 1 is 1.07 bits per heavy atom. The number of nitriles is 1. The van der Waals surface area contributed by atoms with Gasteiger partial charge in [-0.1, -0.05) is 6.07 Å². The molecule has 0 spiro atoms. The van der Waals surface area contributed by atoms with Crippen molar-refractivity contribution in [2.24, 2.45) is 5.41 Å². The molecule has 4 rings (SSSR count). The van der Waals surface area contributed by atoms with Gasteiger partial charge in [0, 0.05) is 63.8 Å². The third kappa shape index (κ3) is 8.75. The number of benzene rings is 2. The number of carbonyl (C=O) groups is 3. The molecule has 0 aliphatic carbocycles. The molecule has 0 unspecified atom stereocenters. The topological polar surface area (TPSA) is 119 Å². The van der Waals surface area contributed by atoms with Crippen LogP contribution >= 0.6 is 24.8 Å². The third-order valence-electron chi connectivity index (χ3n) is 7.80. The van der Waals surface area contributed by atoms with E-state index in [0.717, 1.165) is 24.1 Å². The van der Waals surface area contributed by atoms with Crippen LogP contribution in [0.15, 0.2) is 60.8 Å². The molecular formula is C34H42Cl2N6O4. The van der Waals surface area contributed by atoms with Gasteiger partial charge in [-0.15, -0.1) is 24.8 Å². The lowest BCUT2D eigenvalue weighted by Gasteiger charge is -2.27. The molecular weight excluding hydrogens is 627 g/mol. The number of hydrogen-bond donors (Lipinski definition) is 1. The number of amides is 3. The van der Waals surface area contributed by atoms with Crippen LogP contribution in [0.2, 0.25) is 0 Å². The number of aryl methyl sites for hydroxylation is 1. The van der Waals surface area contributed by atoms with Crippen LogP contribution in [0, 0.1) is 16.7 Å². The van der Waals surface area contributed by atoms with Crippen molar-refractivity contribution in [1.29, 1.82) is 5.26 Å². The van der Waals surface area contributed by atoms with Crippen LogP contribution in [0.5, 0.6) is 5.75 Å². The largest absolute Gasteiger partial charge is 0.494 e. The van der Waals surface area contributed by atoms with Crippen LogP contribution in [0.4, 0.5) is 11.4 Å². The van der Waals surface area contributed by atoms with Crippen molar-refractivity contribution in [3.63, 3.8) is 0 Å². The monoisotopic (exact) mass is 668 g/mol. The van der Waals surface area contributed by atoms with Crippen LogP contribution < -0.4 is 19.9 Å². The van der Waals surface area contributed by atoms with Crippen LogP contribution in [0.25, 0.3) is 0 Å². The van der Waals surface area contributed by atoms with E-state index in [9.17, 15) is 14.4 Å². The fraction of sp³-hybridized carbons (Fsp3) is 0.382. The predicted octanol–water partition coefficient (Wildman–Crippen LogP) is 5.03. The van der Waals surface area contributed by atoms with Crippen molar-refractivity contribution in [3.8, 4) is 11.8 Å². The molecule has 1 aromatic heterocycles. The van der Waals surface area contributed by atoms with E-state index in [1.807, 2.05) is 31.2 Å². The Kier molecular flexibility index (Phi) is 14.0. The Bertz CT molecular complexity index is 1580. The van der Waals surface area contributed by atoms with Gasteiger partial charge in [0.2, 0.25) is 11.8 Å². The number of hydrogen-bond acceptors (Lipinski definition) is 7. The smallest absolute Gasteiger partial charge is 0.253 e. The predicted molar refractivity (Wildman–Crippen MR) is 184 cm³/mol. The molecule has 0 saturated heterocycles. The Morgan fingerprint density at radius 3 is 2.54 bits per heavy atom. The van der Waals surface area contributed by atoms with Crippen molar-refractivity contribution in [3.05, 3.63) is 83.2 Å². The molecule has 0 bridgehead atoms. The van der Waals surface area contributed by atoms with Gasteiger partial charge in [0.25, 0.3) is 5.91 Å². The minimum Gasteiger partial charge on any atom is -0.494 e. The number of carbonyl (C=O) groups excluding carboxylic acids is 3. The van der Waals surface area contributed by atoms with E-state index in [1.165, 1.54) is 0 Å². The summed E-state index contributed by atoms with van der Waals surface area (Å²) in [6, 6.07) is 18.3. The first-order valence-electron chi connectivity index (χ1n) is 14.8. The highest BCUT2D eigenvalue weighted by Crippen LogP contribution is 2.40. The number of pyridine rings is 1. The van der Waals surface area contributed by atoms with Crippen molar-refractivity contribution in [1.82, 2.24) is 15.2 Å². The molecule has 0 radical (unpaired) electrons. The second-order valence-electron chi connectivity index (χ2n) is 11.4. The van der Waals surface area contributed by atoms with Gasteiger partial charge in [-0.2, -0.15) is 5.26 Å². The first-order chi connectivity index (χ1) is 21.1. The highest BCUT2D eigenvalue weighted by Gasteiger charge is 2.45. The van der Waals surface area contributed by atoms with Gasteiger partial charge in [-0.25, -0.2) is 0 Å². The molecule has 3 aromatic rings. The normalized spacial score (nSPS) is 13.5. The summed E-state index contributed by atoms with van der Waals surface area (Å²) in [5.41, 5.74) is 3.23. The standard InChI is InChI=1S/C34H40N6O4.2ClH/c1-6-40-29-13-12-28(21-30(29)39(5)32(42)34(2,3)33(40)43)44-18-8-11-27-20-25(14-15-37-27)23-36-16-17-38(4)31(41)26-10-7-9-24(19-26)22-35;;/h7,9-10,12-15,19-21,36H,6,8,11,16-18,23H2,1-5H3;2*1H. The maximum Gasteiger partial charge on any atom is 0.253 e. The number of fused-ring (bicyclic) bond motifs is 1. The number of halogens is 2. The molecule has 1 N–H and O–H groups in total. The summed E-state index contributed by atoms with van der Waals surface area (Å²) in [6.07, 6.45) is 3.29. The van der Waals surface area contributed by atoms with E-state index < -0.39 is 5.41 Å². The lowest BCUT2D eigenvalue weighted by Crippen LogP contribution is -2.47. The number of anilines is 2. The van der Waals surface area contributed by atoms with Gasteiger partial charge < -0.3 is 24.8 Å². The third-order valence-corrected chi connectivity index (χ3v) is 7.80. The van der Waals surface area contributed by atoms with E-state index >= 15 is 0 Å². The summed E-state index contributed by atoms with van der Waals surface area (Å²) >= 11 is 0. The van der Waals surface area contributed by atoms with Crippen molar-refractivity contribution in [2.45, 2.75) is 40.2 Å². The van der Waals surface area contributed by atoms with E-state index in [2.05, 4.69) is 22.4 Å². The Morgan fingerprint density at radius 2 is 1.83 bits per heavy atom. The van der Waals surface area contributed by atoms with Crippen LogP contribution in [-0.4, -0.2) is 67.9 Å². The number of nitrogens with zero attached hydrogens (tertiary/aromatic N) is 5. The zero-order valence-electron chi connectivity index (χ0n) is 26.9. The molecule has 10 nitrogen and oxygen atoms in total. The van der Waals surface area contributed by atoms with E-state index in [-0.39, 0.29) is 42.5 Å². The van der Waals surface area contributed by atoms with Crippen LogP contribution in [0.3, 0.4) is 0 Å². The maximum absolute atomic E-state index is 13.1. The maximum atomic E-state index is 13.1. The van der Waals surface area contributed by atoms with Gasteiger partial charge in [0.05, 0.1) is 29.6 Å². The summed E-state index contributed by atoms with van der Waals surface area (Å²) in [4.78, 5) is 48.1. The van der Waals surface area contributed by atoms with Gasteiger partial charge in [-0.3, -0.25) is 19.4 Å². The zero-order valence-corrected chi connectivity index (χ0v) is 28.5. The molecule has 3 amide bonds. The van der Waals surface area contributed by atoms with E-state index in [0.29, 0.717) is 61.0 Å². The fourth-order valence-electron chi connectivity index (χ4n) is 5.21. The summed E-state index contributed by atoms with van der Waals surface area (Å²) in [6.45, 7) is 7.97. The Balaban J connectivity index is 0.00000368. The van der Waals surface area contributed by atoms with Gasteiger partial charge in [-0.05, 0) is 81.6 Å². The number of rotatable bonds is 12. The highest BCUT2D eigenvalue weighted by molar-refractivity contribution is 6.20. The number of aromatic nitrogens is 1. The van der Waals surface area contributed by atoms with Crippen LogP contribution in [-0.2, 0) is 22.6 Å². The average Bonchev–Trinajstić information content (AvgIpc) is 3.09. The Hall–Kier alpha value is -4.17. The van der Waals surface area contributed by atoms with Gasteiger partial charge in [0.1, 0.15) is 11.2 Å².